The highest BCUT2D eigenvalue weighted by molar-refractivity contribution is 5.82. The van der Waals surface area contributed by atoms with E-state index in [-0.39, 0.29) is 40.2 Å². The molecular formula is C19H15F3N10O. The van der Waals surface area contributed by atoms with Gasteiger partial charge in [0.1, 0.15) is 23.3 Å². The second-order valence-electron chi connectivity index (χ2n) is 6.93. The van der Waals surface area contributed by atoms with Crippen molar-refractivity contribution in [2.45, 2.75) is 19.1 Å². The Morgan fingerprint density at radius 2 is 2.00 bits per heavy atom. The van der Waals surface area contributed by atoms with Gasteiger partial charge in [-0.1, -0.05) is 6.07 Å². The molecule has 14 heteroatoms. The standard InChI is InChI=1S/C19H15F3N10O/c1-8(28-15-10(5-23)14(24)30-18(25)31-15)16-29-12-4-2-3-11(19(20,21)22)13(12)17(33)32(16)9-6-26-27-7-9/h2-4,6-8H,1H3,(H,26,27)(H5,24,25,28,30,31). The summed E-state index contributed by atoms with van der Waals surface area (Å²) in [6.45, 7) is 1.58. The molecule has 0 spiro atoms. The van der Waals surface area contributed by atoms with Gasteiger partial charge in [-0.2, -0.15) is 33.5 Å². The number of nitrogens with zero attached hydrogens (tertiary/aromatic N) is 6. The third kappa shape index (κ3) is 3.76. The average molecular weight is 456 g/mol. The molecule has 0 radical (unpaired) electrons. The van der Waals surface area contributed by atoms with Crippen molar-refractivity contribution in [2.75, 3.05) is 16.8 Å². The number of nitrogens with one attached hydrogen (secondary N) is 2. The summed E-state index contributed by atoms with van der Waals surface area (Å²) in [6, 6.07) is 4.31. The number of halogens is 3. The Labute approximate surface area is 182 Å². The molecule has 0 saturated carbocycles. The zero-order valence-electron chi connectivity index (χ0n) is 16.8. The molecule has 0 saturated heterocycles. The van der Waals surface area contributed by atoms with Crippen LogP contribution in [0.25, 0.3) is 16.6 Å². The van der Waals surface area contributed by atoms with Crippen LogP contribution in [-0.2, 0) is 6.18 Å². The first kappa shape index (κ1) is 21.6. The van der Waals surface area contributed by atoms with E-state index in [2.05, 4.69) is 30.5 Å². The molecule has 3 aromatic heterocycles. The number of nitrogens with two attached hydrogens (primary N) is 2. The third-order valence-electron chi connectivity index (χ3n) is 4.78. The summed E-state index contributed by atoms with van der Waals surface area (Å²) in [5.41, 5.74) is 9.22. The maximum absolute atomic E-state index is 13.6. The van der Waals surface area contributed by atoms with Crippen molar-refractivity contribution in [1.82, 2.24) is 29.7 Å². The van der Waals surface area contributed by atoms with Crippen LogP contribution >= 0.6 is 0 Å². The van der Waals surface area contributed by atoms with E-state index in [4.69, 9.17) is 11.5 Å². The lowest BCUT2D eigenvalue weighted by molar-refractivity contribution is -0.136. The van der Waals surface area contributed by atoms with E-state index in [9.17, 15) is 23.2 Å². The average Bonchev–Trinajstić information content (AvgIpc) is 3.26. The second-order valence-corrected chi connectivity index (χ2v) is 6.93. The molecule has 0 bridgehead atoms. The first-order chi connectivity index (χ1) is 15.6. The number of aromatic amines is 1. The fourth-order valence-electron chi connectivity index (χ4n) is 3.37. The van der Waals surface area contributed by atoms with Gasteiger partial charge in [0.25, 0.3) is 5.56 Å². The highest BCUT2D eigenvalue weighted by atomic mass is 19.4. The lowest BCUT2D eigenvalue weighted by atomic mass is 10.1. The predicted octanol–water partition coefficient (Wildman–Crippen LogP) is 2.13. The van der Waals surface area contributed by atoms with Gasteiger partial charge >= 0.3 is 6.18 Å². The Morgan fingerprint density at radius 3 is 2.64 bits per heavy atom. The number of nitriles is 1. The van der Waals surface area contributed by atoms with Gasteiger partial charge in [-0.05, 0) is 19.1 Å². The van der Waals surface area contributed by atoms with Crippen LogP contribution in [0.4, 0.5) is 30.8 Å². The molecule has 6 N–H and O–H groups in total. The maximum Gasteiger partial charge on any atom is 0.417 e. The number of benzene rings is 1. The number of alkyl halides is 3. The number of rotatable bonds is 4. The largest absolute Gasteiger partial charge is 0.417 e. The first-order valence-corrected chi connectivity index (χ1v) is 9.33. The molecule has 0 aliphatic carbocycles. The molecule has 0 aliphatic heterocycles. The van der Waals surface area contributed by atoms with Crippen molar-refractivity contribution in [3.63, 3.8) is 0 Å². The molecule has 1 atom stereocenters. The summed E-state index contributed by atoms with van der Waals surface area (Å²) >= 11 is 0. The second kappa shape index (κ2) is 7.79. The maximum atomic E-state index is 13.6. The molecule has 33 heavy (non-hydrogen) atoms. The fourth-order valence-corrected chi connectivity index (χ4v) is 3.37. The van der Waals surface area contributed by atoms with Crippen molar-refractivity contribution in [3.05, 3.63) is 57.9 Å². The molecule has 4 rings (SSSR count). The number of hydrogen-bond acceptors (Lipinski definition) is 9. The SMILES string of the molecule is CC(Nc1nc(N)nc(N)c1C#N)c1nc2cccc(C(F)(F)F)c2c(=O)n1-c1cn[nH]c1. The Morgan fingerprint density at radius 1 is 1.24 bits per heavy atom. The van der Waals surface area contributed by atoms with E-state index in [1.165, 1.54) is 24.5 Å². The molecule has 4 aromatic rings. The molecule has 0 aliphatic rings. The van der Waals surface area contributed by atoms with Gasteiger partial charge in [-0.15, -0.1) is 0 Å². The molecule has 1 aromatic carbocycles. The minimum atomic E-state index is -4.77. The molecule has 1 unspecified atom stereocenters. The van der Waals surface area contributed by atoms with Crippen LogP contribution in [0.2, 0.25) is 0 Å². The van der Waals surface area contributed by atoms with Gasteiger partial charge in [-0.25, -0.2) is 4.98 Å². The monoisotopic (exact) mass is 456 g/mol. The van der Waals surface area contributed by atoms with E-state index in [0.29, 0.717) is 0 Å². The number of H-pyrrole nitrogens is 1. The van der Waals surface area contributed by atoms with Gasteiger partial charge in [-0.3, -0.25) is 14.5 Å². The van der Waals surface area contributed by atoms with Crippen molar-refractivity contribution in [1.29, 1.82) is 5.26 Å². The Bertz CT molecular complexity index is 1450. The van der Waals surface area contributed by atoms with Crippen LogP contribution in [0.3, 0.4) is 0 Å². The fraction of sp³-hybridized carbons (Fsp3) is 0.158. The van der Waals surface area contributed by atoms with Crippen molar-refractivity contribution in [3.8, 4) is 11.8 Å². The van der Waals surface area contributed by atoms with Crippen LogP contribution in [0.15, 0.2) is 35.4 Å². The smallest absolute Gasteiger partial charge is 0.382 e. The van der Waals surface area contributed by atoms with Crippen molar-refractivity contribution in [2.24, 2.45) is 0 Å². The molecule has 0 amide bonds. The van der Waals surface area contributed by atoms with Crippen LogP contribution < -0.4 is 22.3 Å². The molecule has 11 nitrogen and oxygen atoms in total. The topological polar surface area (TPSA) is 177 Å². The van der Waals surface area contributed by atoms with Gasteiger partial charge in [0.2, 0.25) is 5.95 Å². The van der Waals surface area contributed by atoms with Crippen LogP contribution in [0.1, 0.15) is 29.9 Å². The summed E-state index contributed by atoms with van der Waals surface area (Å²) in [5, 5.41) is 18.0. The number of anilines is 3. The Balaban J connectivity index is 1.96. The summed E-state index contributed by atoms with van der Waals surface area (Å²) in [6.07, 6.45) is -2.16. The molecular weight excluding hydrogens is 441 g/mol. The van der Waals surface area contributed by atoms with E-state index in [1.54, 1.807) is 6.92 Å². The zero-order valence-corrected chi connectivity index (χ0v) is 16.8. The molecule has 168 valence electrons. The number of hydrogen-bond donors (Lipinski definition) is 4. The summed E-state index contributed by atoms with van der Waals surface area (Å²) in [5.74, 6) is -0.345. The lowest BCUT2D eigenvalue weighted by Gasteiger charge is -2.20. The van der Waals surface area contributed by atoms with Gasteiger partial charge < -0.3 is 16.8 Å². The summed E-state index contributed by atoms with van der Waals surface area (Å²) in [7, 11) is 0. The van der Waals surface area contributed by atoms with Gasteiger partial charge in [0, 0.05) is 6.20 Å². The lowest BCUT2D eigenvalue weighted by Crippen LogP contribution is -2.29. The van der Waals surface area contributed by atoms with Crippen molar-refractivity contribution < 1.29 is 13.2 Å². The molecule has 3 heterocycles. The van der Waals surface area contributed by atoms with Crippen LogP contribution in [-0.4, -0.2) is 29.7 Å². The first-order valence-electron chi connectivity index (χ1n) is 9.33. The van der Waals surface area contributed by atoms with E-state index < -0.39 is 28.7 Å². The Hall–Kier alpha value is -4.67. The number of fused-ring (bicyclic) bond motifs is 1. The molecule has 0 fully saturated rings. The quantitative estimate of drug-likeness (QED) is 0.358. The van der Waals surface area contributed by atoms with Crippen LogP contribution in [0.5, 0.6) is 0 Å². The number of nitrogen functional groups attached to an aromatic ring is 2. The minimum absolute atomic E-state index is 0.0212. The normalized spacial score (nSPS) is 12.5. The Kier molecular flexibility index (Phi) is 5.09. The van der Waals surface area contributed by atoms with Crippen molar-refractivity contribution >= 4 is 28.5 Å². The zero-order chi connectivity index (χ0) is 23.9. The van der Waals surface area contributed by atoms with E-state index in [1.807, 2.05) is 6.07 Å². The number of aromatic nitrogens is 6. The van der Waals surface area contributed by atoms with E-state index >= 15 is 0 Å². The predicted molar refractivity (Wildman–Crippen MR) is 112 cm³/mol. The van der Waals surface area contributed by atoms with Gasteiger partial charge in [0.05, 0.1) is 34.4 Å². The summed E-state index contributed by atoms with van der Waals surface area (Å²) in [4.78, 5) is 25.4. The highest BCUT2D eigenvalue weighted by Crippen LogP contribution is 2.33. The summed E-state index contributed by atoms with van der Waals surface area (Å²) < 4.78 is 41.8. The minimum Gasteiger partial charge on any atom is -0.382 e. The highest BCUT2D eigenvalue weighted by Gasteiger charge is 2.35. The van der Waals surface area contributed by atoms with Gasteiger partial charge in [0.15, 0.2) is 5.82 Å². The third-order valence-corrected chi connectivity index (χ3v) is 4.78. The van der Waals surface area contributed by atoms with Crippen LogP contribution in [0, 0.1) is 11.3 Å². The van der Waals surface area contributed by atoms with E-state index in [0.717, 1.165) is 10.6 Å².